The lowest BCUT2D eigenvalue weighted by Gasteiger charge is -2.23. The highest BCUT2D eigenvalue weighted by molar-refractivity contribution is 14.1. The fourth-order valence-electron chi connectivity index (χ4n) is 2.70. The van der Waals surface area contributed by atoms with E-state index in [0.717, 1.165) is 29.9 Å². The monoisotopic (exact) mass is 439 g/mol. The first-order chi connectivity index (χ1) is 11.3. The van der Waals surface area contributed by atoms with E-state index in [1.165, 1.54) is 3.57 Å². The summed E-state index contributed by atoms with van der Waals surface area (Å²) < 4.78 is 6.87. The normalized spacial score (nSPS) is 21.0. The Labute approximate surface area is 155 Å². The second kappa shape index (κ2) is 6.84. The quantitative estimate of drug-likeness (QED) is 0.566. The van der Waals surface area contributed by atoms with Gasteiger partial charge in [0.15, 0.2) is 6.23 Å². The number of ether oxygens (including phenoxy) is 1. The predicted octanol–water partition coefficient (Wildman–Crippen LogP) is 3.67. The molecular formula is C18H22IN3O2. The lowest BCUT2D eigenvalue weighted by molar-refractivity contribution is -0.160. The maximum absolute atomic E-state index is 12.2. The minimum Gasteiger partial charge on any atom is -0.445 e. The number of carbonyl (C=O) groups excluding carboxylic acids is 1. The highest BCUT2D eigenvalue weighted by atomic mass is 127. The van der Waals surface area contributed by atoms with E-state index in [9.17, 15) is 4.79 Å². The average Bonchev–Trinajstić information content (AvgIpc) is 3.15. The van der Waals surface area contributed by atoms with Gasteiger partial charge >= 0.3 is 5.97 Å². The Kier molecular flexibility index (Phi) is 4.96. The number of rotatable bonds is 3. The van der Waals surface area contributed by atoms with Crippen molar-refractivity contribution in [2.75, 3.05) is 6.54 Å². The molecule has 3 rings (SSSR count). The lowest BCUT2D eigenvalue weighted by atomic mass is 9.97. The van der Waals surface area contributed by atoms with Crippen LogP contribution >= 0.6 is 22.6 Å². The molecule has 128 valence electrons. The highest BCUT2D eigenvalue weighted by Crippen LogP contribution is 2.31. The van der Waals surface area contributed by atoms with E-state index in [0.29, 0.717) is 0 Å². The van der Waals surface area contributed by atoms with Gasteiger partial charge in [0.05, 0.1) is 22.7 Å². The van der Waals surface area contributed by atoms with Crippen LogP contribution in [0.25, 0.3) is 11.3 Å². The first-order valence-corrected chi connectivity index (χ1v) is 9.18. The van der Waals surface area contributed by atoms with E-state index >= 15 is 0 Å². The van der Waals surface area contributed by atoms with Crippen molar-refractivity contribution in [1.82, 2.24) is 15.5 Å². The first kappa shape index (κ1) is 17.4. The molecule has 2 aromatic rings. The summed E-state index contributed by atoms with van der Waals surface area (Å²) in [5.74, 6) is -0.120. The maximum Gasteiger partial charge on any atom is 0.312 e. The minimum atomic E-state index is -0.507. The molecule has 2 atom stereocenters. The summed E-state index contributed by atoms with van der Waals surface area (Å²) in [4.78, 5) is 12.2. The number of esters is 1. The molecule has 1 aliphatic heterocycles. The number of aromatic amines is 1. The Bertz CT molecular complexity index is 719. The lowest BCUT2D eigenvalue weighted by Crippen LogP contribution is -2.36. The molecule has 0 spiro atoms. The molecule has 5 nitrogen and oxygen atoms in total. The molecule has 1 fully saturated rings. The number of H-pyrrole nitrogens is 1. The van der Waals surface area contributed by atoms with Crippen LogP contribution in [0.5, 0.6) is 0 Å². The van der Waals surface area contributed by atoms with Gasteiger partial charge in [0.2, 0.25) is 0 Å². The fourth-order valence-corrected chi connectivity index (χ4v) is 3.06. The van der Waals surface area contributed by atoms with Gasteiger partial charge in [-0.1, -0.05) is 12.1 Å². The van der Waals surface area contributed by atoms with E-state index in [2.05, 4.69) is 68.4 Å². The Morgan fingerprint density at radius 3 is 2.67 bits per heavy atom. The van der Waals surface area contributed by atoms with Crippen LogP contribution in [0.15, 0.2) is 30.3 Å². The zero-order valence-electron chi connectivity index (χ0n) is 14.1. The summed E-state index contributed by atoms with van der Waals surface area (Å²) in [5.41, 5.74) is 2.50. The first-order valence-electron chi connectivity index (χ1n) is 8.10. The molecule has 0 saturated carbocycles. The third-order valence-corrected chi connectivity index (χ3v) is 4.86. The second-order valence-electron chi connectivity index (χ2n) is 7.14. The van der Waals surface area contributed by atoms with Crippen LogP contribution in [0.4, 0.5) is 0 Å². The van der Waals surface area contributed by atoms with Gasteiger partial charge in [0.1, 0.15) is 0 Å². The number of nitrogens with zero attached hydrogens (tertiary/aromatic N) is 1. The minimum absolute atomic E-state index is 0.0742. The van der Waals surface area contributed by atoms with Gasteiger partial charge in [0, 0.05) is 3.57 Å². The number of aromatic nitrogens is 2. The molecule has 2 N–H and O–H groups in total. The van der Waals surface area contributed by atoms with E-state index in [4.69, 9.17) is 4.74 Å². The average molecular weight is 439 g/mol. The Balaban J connectivity index is 1.76. The van der Waals surface area contributed by atoms with Crippen LogP contribution < -0.4 is 5.32 Å². The summed E-state index contributed by atoms with van der Waals surface area (Å²) in [6, 6.07) is 10.3. The molecule has 1 unspecified atom stereocenters. The Hall–Kier alpha value is -1.41. The van der Waals surface area contributed by atoms with Crippen LogP contribution in [0.1, 0.15) is 38.8 Å². The van der Waals surface area contributed by atoms with E-state index in [1.807, 2.05) is 20.8 Å². The van der Waals surface area contributed by atoms with Gasteiger partial charge in [0.25, 0.3) is 0 Å². The van der Waals surface area contributed by atoms with Gasteiger partial charge < -0.3 is 4.74 Å². The van der Waals surface area contributed by atoms with Crippen molar-refractivity contribution >= 4 is 28.6 Å². The summed E-state index contributed by atoms with van der Waals surface area (Å²) >= 11 is 2.29. The Morgan fingerprint density at radius 2 is 2.00 bits per heavy atom. The molecule has 1 aromatic carbocycles. The van der Waals surface area contributed by atoms with Crippen molar-refractivity contribution < 1.29 is 9.53 Å². The van der Waals surface area contributed by atoms with Crippen LogP contribution in [-0.2, 0) is 9.53 Å². The van der Waals surface area contributed by atoms with E-state index in [-0.39, 0.29) is 18.1 Å². The molecule has 2 heterocycles. The largest absolute Gasteiger partial charge is 0.445 e. The summed E-state index contributed by atoms with van der Waals surface area (Å²) in [5, 5.41) is 10.8. The standard InChI is InChI=1S/C18H22IN3O2/c1-18(2,3)17(23)24-16-13(8-9-20-16)15-10-14(21-22-15)11-4-6-12(19)7-5-11/h4-7,10,13,16,20H,8-9H2,1-3H3,(H,21,22)/t13-,16?/m0/s1. The fraction of sp³-hybridized carbons (Fsp3) is 0.444. The van der Waals surface area contributed by atoms with Gasteiger partial charge in [-0.3, -0.25) is 15.2 Å². The molecule has 1 aromatic heterocycles. The van der Waals surface area contributed by atoms with Gasteiger partial charge in [-0.25, -0.2) is 0 Å². The molecule has 24 heavy (non-hydrogen) atoms. The third kappa shape index (κ3) is 3.80. The zero-order valence-corrected chi connectivity index (χ0v) is 16.3. The number of carbonyl (C=O) groups is 1. The van der Waals surface area contributed by atoms with Gasteiger partial charge in [-0.05, 0) is 80.1 Å². The summed E-state index contributed by atoms with van der Waals surface area (Å²) in [6.45, 7) is 6.41. The zero-order chi connectivity index (χ0) is 17.3. The molecule has 0 radical (unpaired) electrons. The number of halogens is 1. The molecule has 0 aliphatic carbocycles. The maximum atomic E-state index is 12.2. The van der Waals surface area contributed by atoms with Gasteiger partial charge in [-0.15, -0.1) is 0 Å². The molecular weight excluding hydrogens is 417 g/mol. The number of benzene rings is 1. The Morgan fingerprint density at radius 1 is 1.29 bits per heavy atom. The van der Waals surface area contributed by atoms with Crippen molar-refractivity contribution in [3.05, 3.63) is 39.6 Å². The topological polar surface area (TPSA) is 67.0 Å². The van der Waals surface area contributed by atoms with Crippen LogP contribution in [0.2, 0.25) is 0 Å². The number of nitrogens with one attached hydrogen (secondary N) is 2. The SMILES string of the molecule is CC(C)(C)C(=O)OC1NCC[C@H]1c1cc(-c2ccc(I)cc2)[nH]n1. The highest BCUT2D eigenvalue weighted by Gasteiger charge is 2.35. The van der Waals surface area contributed by atoms with Crippen LogP contribution in [-0.4, -0.2) is 28.9 Å². The smallest absolute Gasteiger partial charge is 0.312 e. The number of hydrogen-bond donors (Lipinski definition) is 2. The molecule has 0 bridgehead atoms. The third-order valence-electron chi connectivity index (χ3n) is 4.15. The van der Waals surface area contributed by atoms with Crippen molar-refractivity contribution in [3.63, 3.8) is 0 Å². The predicted molar refractivity (Wildman–Crippen MR) is 101 cm³/mol. The summed E-state index contributed by atoms with van der Waals surface area (Å²) in [7, 11) is 0. The second-order valence-corrected chi connectivity index (χ2v) is 8.38. The van der Waals surface area contributed by atoms with Crippen molar-refractivity contribution in [3.8, 4) is 11.3 Å². The molecule has 6 heteroatoms. The van der Waals surface area contributed by atoms with Crippen molar-refractivity contribution in [2.45, 2.75) is 39.3 Å². The molecule has 1 saturated heterocycles. The number of hydrogen-bond acceptors (Lipinski definition) is 4. The van der Waals surface area contributed by atoms with E-state index in [1.54, 1.807) is 0 Å². The van der Waals surface area contributed by atoms with Crippen LogP contribution in [0, 0.1) is 8.99 Å². The van der Waals surface area contributed by atoms with Crippen LogP contribution in [0.3, 0.4) is 0 Å². The molecule has 1 aliphatic rings. The van der Waals surface area contributed by atoms with Crippen molar-refractivity contribution in [1.29, 1.82) is 0 Å². The van der Waals surface area contributed by atoms with Gasteiger partial charge in [-0.2, -0.15) is 5.10 Å². The van der Waals surface area contributed by atoms with E-state index < -0.39 is 5.41 Å². The summed E-state index contributed by atoms with van der Waals surface area (Å²) in [6.07, 6.45) is 0.587. The van der Waals surface area contributed by atoms with Crippen molar-refractivity contribution in [2.24, 2.45) is 5.41 Å². The molecule has 0 amide bonds.